The molecule has 1 heterocycles. The average molecular weight is 302 g/mol. The first kappa shape index (κ1) is 16.5. The maximum absolute atomic E-state index is 12.0. The lowest BCUT2D eigenvalue weighted by molar-refractivity contribution is 0.0942. The lowest BCUT2D eigenvalue weighted by atomic mass is 10.3. The molecule has 0 radical (unpaired) electrons. The van der Waals surface area contributed by atoms with Crippen molar-refractivity contribution in [3.63, 3.8) is 0 Å². The third-order valence-electron chi connectivity index (χ3n) is 2.66. The number of nitrogens with zero attached hydrogens (tertiary/aromatic N) is 1. The molecule has 4 N–H and O–H groups in total. The maximum atomic E-state index is 12.0. The van der Waals surface area contributed by atoms with Crippen LogP contribution in [0, 0.1) is 0 Å². The van der Waals surface area contributed by atoms with E-state index in [4.69, 9.17) is 5.73 Å². The highest BCUT2D eigenvalue weighted by molar-refractivity contribution is 7.88. The minimum Gasteiger partial charge on any atom is -0.397 e. The Labute approximate surface area is 119 Å². The van der Waals surface area contributed by atoms with E-state index in [0.29, 0.717) is 30.9 Å². The summed E-state index contributed by atoms with van der Waals surface area (Å²) < 4.78 is 25.9. The highest BCUT2D eigenvalue weighted by atomic mass is 32.2. The second-order valence-electron chi connectivity index (χ2n) is 4.94. The van der Waals surface area contributed by atoms with Crippen LogP contribution in [0.4, 0.5) is 5.69 Å². The van der Waals surface area contributed by atoms with Gasteiger partial charge in [0, 0.05) is 25.3 Å². The second-order valence-corrected chi connectivity index (χ2v) is 6.77. The van der Waals surface area contributed by atoms with Crippen LogP contribution in [0.5, 0.6) is 0 Å². The number of rotatable bonds is 7. The molecule has 0 saturated heterocycles. The lowest BCUT2D eigenvalue weighted by Gasteiger charge is -2.12. The number of hydrogen-bond acceptors (Lipinski definition) is 4. The van der Waals surface area contributed by atoms with Gasteiger partial charge >= 0.3 is 0 Å². The number of hydrogen-bond donors (Lipinski definition) is 3. The smallest absolute Gasteiger partial charge is 0.267 e. The summed E-state index contributed by atoms with van der Waals surface area (Å²) in [6.07, 6.45) is 3.35. The van der Waals surface area contributed by atoms with E-state index in [1.807, 2.05) is 13.8 Å². The molecule has 0 aliphatic heterocycles. The largest absolute Gasteiger partial charge is 0.397 e. The Balaban J connectivity index is 2.48. The van der Waals surface area contributed by atoms with Crippen LogP contribution in [0.25, 0.3) is 0 Å². The van der Waals surface area contributed by atoms with E-state index in [9.17, 15) is 13.2 Å². The Morgan fingerprint density at radius 1 is 1.40 bits per heavy atom. The van der Waals surface area contributed by atoms with Crippen LogP contribution in [-0.4, -0.2) is 38.2 Å². The van der Waals surface area contributed by atoms with E-state index in [0.717, 1.165) is 6.26 Å². The Kier molecular flexibility index (Phi) is 5.58. The van der Waals surface area contributed by atoms with Crippen molar-refractivity contribution in [2.24, 2.45) is 0 Å². The van der Waals surface area contributed by atoms with Crippen molar-refractivity contribution in [1.29, 1.82) is 0 Å². The molecule has 0 aliphatic rings. The fraction of sp³-hybridized carbons (Fsp3) is 0.583. The molecule has 0 aliphatic carbocycles. The summed E-state index contributed by atoms with van der Waals surface area (Å²) in [5.41, 5.74) is 6.75. The van der Waals surface area contributed by atoms with Crippen molar-refractivity contribution >= 4 is 21.6 Å². The highest BCUT2D eigenvalue weighted by Crippen LogP contribution is 2.16. The Bertz CT molecular complexity index is 563. The summed E-state index contributed by atoms with van der Waals surface area (Å²) in [5.74, 6) is -0.213. The van der Waals surface area contributed by atoms with Crippen LogP contribution < -0.4 is 15.8 Å². The Morgan fingerprint density at radius 2 is 2.05 bits per heavy atom. The molecule has 8 heteroatoms. The van der Waals surface area contributed by atoms with Gasteiger partial charge in [-0.25, -0.2) is 13.1 Å². The van der Waals surface area contributed by atoms with Gasteiger partial charge in [0.25, 0.3) is 5.91 Å². The second kappa shape index (κ2) is 6.76. The predicted octanol–water partition coefficient (Wildman–Crippen LogP) is 0.320. The molecule has 1 aromatic rings. The molecule has 0 aromatic carbocycles. The molecule has 0 spiro atoms. The molecule has 0 saturated carbocycles. The number of carbonyl (C=O) groups excluding carboxylic acids is 1. The van der Waals surface area contributed by atoms with Crippen LogP contribution >= 0.6 is 0 Å². The number of aromatic nitrogens is 1. The summed E-state index contributed by atoms with van der Waals surface area (Å²) in [6, 6.07) is 1.77. The number of sulfonamides is 1. The van der Waals surface area contributed by atoms with Gasteiger partial charge < -0.3 is 15.6 Å². The molecule has 0 bridgehead atoms. The molecule has 1 aromatic heterocycles. The van der Waals surface area contributed by atoms with Gasteiger partial charge in [0.05, 0.1) is 11.9 Å². The molecule has 1 rings (SSSR count). The van der Waals surface area contributed by atoms with Crippen molar-refractivity contribution in [1.82, 2.24) is 14.6 Å². The molecular weight excluding hydrogens is 280 g/mol. The number of nitrogens with one attached hydrogen (secondary N) is 2. The predicted molar refractivity (Wildman–Crippen MR) is 79.0 cm³/mol. The lowest BCUT2D eigenvalue weighted by Crippen LogP contribution is -2.30. The van der Waals surface area contributed by atoms with Crippen LogP contribution in [-0.2, 0) is 10.0 Å². The zero-order chi connectivity index (χ0) is 15.3. The first-order chi connectivity index (χ1) is 9.20. The quantitative estimate of drug-likeness (QED) is 0.631. The standard InChI is InChI=1S/C12H22N4O3S/c1-9(2)16-8-10(13)7-11(16)12(17)14-5-4-6-15-20(3,18)19/h7-9,15H,4-6,13H2,1-3H3,(H,14,17). The van der Waals surface area contributed by atoms with E-state index in [2.05, 4.69) is 10.0 Å². The van der Waals surface area contributed by atoms with Gasteiger partial charge in [-0.2, -0.15) is 0 Å². The van der Waals surface area contributed by atoms with Crippen molar-refractivity contribution in [2.45, 2.75) is 26.3 Å². The number of nitrogen functional groups attached to an aromatic ring is 1. The number of amides is 1. The van der Waals surface area contributed by atoms with Gasteiger partial charge in [-0.05, 0) is 26.3 Å². The summed E-state index contributed by atoms with van der Waals surface area (Å²) >= 11 is 0. The van der Waals surface area contributed by atoms with Gasteiger partial charge in [-0.15, -0.1) is 0 Å². The molecule has 0 atom stereocenters. The van der Waals surface area contributed by atoms with Crippen LogP contribution in [0.3, 0.4) is 0 Å². The topological polar surface area (TPSA) is 106 Å². The Morgan fingerprint density at radius 3 is 2.60 bits per heavy atom. The van der Waals surface area contributed by atoms with Crippen molar-refractivity contribution < 1.29 is 13.2 Å². The van der Waals surface area contributed by atoms with Crippen LogP contribution in [0.15, 0.2) is 12.3 Å². The monoisotopic (exact) mass is 302 g/mol. The zero-order valence-electron chi connectivity index (χ0n) is 12.0. The fourth-order valence-electron chi connectivity index (χ4n) is 1.75. The minimum atomic E-state index is -3.17. The van der Waals surface area contributed by atoms with E-state index in [1.165, 1.54) is 0 Å². The van der Waals surface area contributed by atoms with Gasteiger partial charge in [-0.1, -0.05) is 0 Å². The summed E-state index contributed by atoms with van der Waals surface area (Å²) in [5, 5.41) is 2.74. The first-order valence-electron chi connectivity index (χ1n) is 6.41. The van der Waals surface area contributed by atoms with E-state index < -0.39 is 10.0 Å². The molecule has 0 unspecified atom stereocenters. The third-order valence-corrected chi connectivity index (χ3v) is 3.39. The van der Waals surface area contributed by atoms with Crippen molar-refractivity contribution in [2.75, 3.05) is 25.1 Å². The summed E-state index contributed by atoms with van der Waals surface area (Å²) in [7, 11) is -3.17. The molecular formula is C12H22N4O3S. The molecule has 114 valence electrons. The normalized spacial score (nSPS) is 11.8. The third kappa shape index (κ3) is 5.22. The van der Waals surface area contributed by atoms with Crippen LogP contribution in [0.1, 0.15) is 36.8 Å². The van der Waals surface area contributed by atoms with Crippen molar-refractivity contribution in [3.05, 3.63) is 18.0 Å². The van der Waals surface area contributed by atoms with Crippen molar-refractivity contribution in [3.8, 4) is 0 Å². The van der Waals surface area contributed by atoms with Gasteiger partial charge in [0.2, 0.25) is 10.0 Å². The molecule has 1 amide bonds. The summed E-state index contributed by atoms with van der Waals surface area (Å²) in [4.78, 5) is 12.0. The fourth-order valence-corrected chi connectivity index (χ4v) is 2.26. The number of carbonyl (C=O) groups is 1. The minimum absolute atomic E-state index is 0.139. The zero-order valence-corrected chi connectivity index (χ0v) is 12.8. The molecule has 20 heavy (non-hydrogen) atoms. The van der Waals surface area contributed by atoms with Crippen LogP contribution in [0.2, 0.25) is 0 Å². The van der Waals surface area contributed by atoms with Gasteiger partial charge in [0.15, 0.2) is 0 Å². The number of anilines is 1. The van der Waals surface area contributed by atoms with E-state index >= 15 is 0 Å². The van der Waals surface area contributed by atoms with Gasteiger partial charge in [-0.3, -0.25) is 4.79 Å². The molecule has 0 fully saturated rings. The maximum Gasteiger partial charge on any atom is 0.267 e. The van der Waals surface area contributed by atoms with E-state index in [1.54, 1.807) is 16.8 Å². The number of nitrogens with two attached hydrogens (primary N) is 1. The summed E-state index contributed by atoms with van der Waals surface area (Å²) in [6.45, 7) is 4.62. The average Bonchev–Trinajstić information content (AvgIpc) is 2.69. The Hall–Kier alpha value is -1.54. The first-order valence-corrected chi connectivity index (χ1v) is 8.30. The SMILES string of the molecule is CC(C)n1cc(N)cc1C(=O)NCCCNS(C)(=O)=O. The van der Waals surface area contributed by atoms with E-state index in [-0.39, 0.29) is 11.9 Å². The van der Waals surface area contributed by atoms with Gasteiger partial charge in [0.1, 0.15) is 5.69 Å². The highest BCUT2D eigenvalue weighted by Gasteiger charge is 2.14. The molecule has 7 nitrogen and oxygen atoms in total.